The van der Waals surface area contributed by atoms with Crippen LogP contribution in [-0.4, -0.2) is 33.3 Å². The van der Waals surface area contributed by atoms with Gasteiger partial charge in [-0.15, -0.1) is 0 Å². The molecule has 0 bridgehead atoms. The first-order chi connectivity index (χ1) is 8.38. The topological polar surface area (TPSA) is 74.7 Å². The van der Waals surface area contributed by atoms with Crippen molar-refractivity contribution in [2.75, 3.05) is 0 Å². The summed E-state index contributed by atoms with van der Waals surface area (Å²) < 4.78 is 0. The molecule has 0 aromatic heterocycles. The third-order valence-electron chi connectivity index (χ3n) is 4.30. The van der Waals surface area contributed by atoms with Crippen molar-refractivity contribution in [2.24, 2.45) is 11.8 Å². The summed E-state index contributed by atoms with van der Waals surface area (Å²) in [6.45, 7) is 3.75. The summed E-state index contributed by atoms with van der Waals surface area (Å²) in [4.78, 5) is 36.6. The van der Waals surface area contributed by atoms with Gasteiger partial charge in [-0.3, -0.25) is 14.5 Å². The van der Waals surface area contributed by atoms with Gasteiger partial charge in [0, 0.05) is 12.3 Å². The molecular formula is C13H19NO4. The van der Waals surface area contributed by atoms with Crippen LogP contribution >= 0.6 is 0 Å². The summed E-state index contributed by atoms with van der Waals surface area (Å²) in [5, 5.41) is 9.51. The average Bonchev–Trinajstić information content (AvgIpc) is 2.55. The minimum atomic E-state index is -1.29. The van der Waals surface area contributed by atoms with Gasteiger partial charge in [0.1, 0.15) is 5.54 Å². The van der Waals surface area contributed by atoms with Crippen LogP contribution in [0.3, 0.4) is 0 Å². The van der Waals surface area contributed by atoms with E-state index < -0.39 is 11.5 Å². The molecule has 5 nitrogen and oxygen atoms in total. The van der Waals surface area contributed by atoms with E-state index in [4.69, 9.17) is 0 Å². The zero-order chi connectivity index (χ0) is 13.5. The number of carbonyl (C=O) groups is 3. The maximum Gasteiger partial charge on any atom is 0.330 e. The van der Waals surface area contributed by atoms with Gasteiger partial charge in [0.25, 0.3) is 0 Å². The van der Waals surface area contributed by atoms with Crippen molar-refractivity contribution in [3.05, 3.63) is 0 Å². The molecule has 1 saturated heterocycles. The van der Waals surface area contributed by atoms with Crippen LogP contribution in [0.5, 0.6) is 0 Å². The van der Waals surface area contributed by atoms with Gasteiger partial charge in [0.15, 0.2) is 0 Å². The fourth-order valence-electron chi connectivity index (χ4n) is 3.01. The fraction of sp³-hybridized carbons (Fsp3) is 0.769. The van der Waals surface area contributed by atoms with Gasteiger partial charge >= 0.3 is 5.97 Å². The second-order valence-corrected chi connectivity index (χ2v) is 5.69. The van der Waals surface area contributed by atoms with Crippen LogP contribution in [0.1, 0.15) is 46.0 Å². The van der Waals surface area contributed by atoms with Crippen molar-refractivity contribution in [1.82, 2.24) is 4.90 Å². The zero-order valence-corrected chi connectivity index (χ0v) is 10.8. The predicted octanol–water partition coefficient (Wildman–Crippen LogP) is 1.41. The normalized spacial score (nSPS) is 37.1. The van der Waals surface area contributed by atoms with E-state index in [9.17, 15) is 19.5 Å². The lowest BCUT2D eigenvalue weighted by Gasteiger charge is -2.41. The van der Waals surface area contributed by atoms with Gasteiger partial charge in [-0.1, -0.05) is 13.8 Å². The number of carboxylic acid groups (broad SMARTS) is 1. The summed E-state index contributed by atoms with van der Waals surface area (Å²) in [6, 6.07) is 0. The smallest absolute Gasteiger partial charge is 0.330 e. The number of rotatable bonds is 2. The number of likely N-dealkylation sites (tertiary alicyclic amines) is 1. The van der Waals surface area contributed by atoms with Crippen molar-refractivity contribution in [3.63, 3.8) is 0 Å². The first-order valence-corrected chi connectivity index (χ1v) is 6.49. The Morgan fingerprint density at radius 2 is 1.83 bits per heavy atom. The third-order valence-corrected chi connectivity index (χ3v) is 4.30. The molecule has 0 aromatic carbocycles. The number of imide groups is 1. The summed E-state index contributed by atoms with van der Waals surface area (Å²) in [6.07, 6.45) is 2.40. The monoisotopic (exact) mass is 253 g/mol. The summed E-state index contributed by atoms with van der Waals surface area (Å²) in [7, 11) is 0. The van der Waals surface area contributed by atoms with Crippen LogP contribution in [0.15, 0.2) is 0 Å². The molecule has 5 heteroatoms. The zero-order valence-electron chi connectivity index (χ0n) is 10.8. The summed E-state index contributed by atoms with van der Waals surface area (Å²) >= 11 is 0. The van der Waals surface area contributed by atoms with Gasteiger partial charge in [0.05, 0.1) is 0 Å². The first kappa shape index (κ1) is 13.1. The molecule has 0 aromatic rings. The van der Waals surface area contributed by atoms with E-state index in [1.54, 1.807) is 6.92 Å². The highest BCUT2D eigenvalue weighted by molar-refractivity contribution is 6.07. The lowest BCUT2D eigenvalue weighted by atomic mass is 9.76. The van der Waals surface area contributed by atoms with Crippen molar-refractivity contribution in [3.8, 4) is 0 Å². The Bertz CT molecular complexity index is 396. The van der Waals surface area contributed by atoms with Gasteiger partial charge in [-0.25, -0.2) is 4.79 Å². The van der Waals surface area contributed by atoms with Crippen LogP contribution in [-0.2, 0) is 14.4 Å². The van der Waals surface area contributed by atoms with Crippen molar-refractivity contribution in [2.45, 2.75) is 51.5 Å². The highest BCUT2D eigenvalue weighted by Gasteiger charge is 2.54. The van der Waals surface area contributed by atoms with Crippen LogP contribution in [0.25, 0.3) is 0 Å². The second-order valence-electron chi connectivity index (χ2n) is 5.69. The van der Waals surface area contributed by atoms with Gasteiger partial charge in [-0.2, -0.15) is 0 Å². The Morgan fingerprint density at radius 1 is 1.28 bits per heavy atom. The number of nitrogens with zero attached hydrogens (tertiary/aromatic N) is 1. The Kier molecular flexibility index (Phi) is 3.17. The Morgan fingerprint density at radius 3 is 2.22 bits per heavy atom. The highest BCUT2D eigenvalue weighted by atomic mass is 16.4. The molecular weight excluding hydrogens is 234 g/mol. The average molecular weight is 253 g/mol. The molecule has 2 rings (SSSR count). The van der Waals surface area contributed by atoms with Crippen LogP contribution in [0, 0.1) is 11.8 Å². The summed E-state index contributed by atoms with van der Waals surface area (Å²) in [5.41, 5.74) is -1.29. The van der Waals surface area contributed by atoms with Gasteiger partial charge in [-0.05, 0) is 31.6 Å². The molecule has 1 aliphatic heterocycles. The molecule has 1 heterocycles. The second kappa shape index (κ2) is 4.37. The molecule has 100 valence electrons. The molecule has 18 heavy (non-hydrogen) atoms. The lowest BCUT2D eigenvalue weighted by Crippen LogP contribution is -2.58. The number of aliphatic carboxylic acids is 1. The van der Waals surface area contributed by atoms with Gasteiger partial charge < -0.3 is 5.11 Å². The minimum Gasteiger partial charge on any atom is -0.479 e. The van der Waals surface area contributed by atoms with E-state index in [0.29, 0.717) is 18.8 Å². The van der Waals surface area contributed by atoms with Crippen molar-refractivity contribution >= 4 is 17.8 Å². The number of hydrogen-bond acceptors (Lipinski definition) is 3. The van der Waals surface area contributed by atoms with Crippen molar-refractivity contribution in [1.29, 1.82) is 0 Å². The van der Waals surface area contributed by atoms with E-state index in [-0.39, 0.29) is 24.2 Å². The van der Waals surface area contributed by atoms with E-state index >= 15 is 0 Å². The van der Waals surface area contributed by atoms with E-state index in [2.05, 4.69) is 6.92 Å². The number of carboxylic acids is 1. The molecule has 0 spiro atoms. The number of hydrogen-bond donors (Lipinski definition) is 1. The quantitative estimate of drug-likeness (QED) is 0.755. The molecule has 1 aliphatic carbocycles. The predicted molar refractivity (Wildman–Crippen MR) is 63.6 cm³/mol. The molecule has 0 radical (unpaired) electrons. The van der Waals surface area contributed by atoms with E-state index in [0.717, 1.165) is 17.7 Å². The first-order valence-electron chi connectivity index (χ1n) is 6.49. The fourth-order valence-corrected chi connectivity index (χ4v) is 3.01. The summed E-state index contributed by atoms with van der Waals surface area (Å²) in [5.74, 6) is -1.61. The highest BCUT2D eigenvalue weighted by Crippen LogP contribution is 2.40. The molecule has 2 amide bonds. The number of amides is 2. The van der Waals surface area contributed by atoms with E-state index in [1.807, 2.05) is 0 Å². The van der Waals surface area contributed by atoms with Crippen LogP contribution in [0.2, 0.25) is 0 Å². The van der Waals surface area contributed by atoms with E-state index in [1.165, 1.54) is 0 Å². The maximum absolute atomic E-state index is 12.0. The maximum atomic E-state index is 12.0. The molecule has 2 fully saturated rings. The molecule has 2 aliphatic rings. The number of carbonyl (C=O) groups excluding carboxylic acids is 2. The molecule has 1 unspecified atom stereocenters. The Hall–Kier alpha value is -1.39. The largest absolute Gasteiger partial charge is 0.479 e. The Balaban J connectivity index is 2.34. The lowest BCUT2D eigenvalue weighted by molar-refractivity contribution is -0.166. The SMILES string of the molecule is CC1CCC(C(=O)O)(N2C(=O)CC(C)C2=O)CC1. The minimum absolute atomic E-state index is 0.142. The van der Waals surface area contributed by atoms with Crippen molar-refractivity contribution < 1.29 is 19.5 Å². The van der Waals surface area contributed by atoms with Crippen LogP contribution in [0.4, 0.5) is 0 Å². The Labute approximate surface area is 106 Å². The standard InChI is InChI=1S/C13H19NO4/c1-8-3-5-13(6-4-8,12(17)18)14-10(15)7-9(2)11(14)16/h8-9H,3-7H2,1-2H3,(H,17,18). The van der Waals surface area contributed by atoms with Crippen LogP contribution < -0.4 is 0 Å². The molecule has 1 atom stereocenters. The third kappa shape index (κ3) is 1.82. The van der Waals surface area contributed by atoms with Gasteiger partial charge in [0.2, 0.25) is 11.8 Å². The molecule has 1 saturated carbocycles. The molecule has 1 N–H and O–H groups in total.